The topological polar surface area (TPSA) is 67.1 Å². The van der Waals surface area contributed by atoms with Crippen LogP contribution in [0.2, 0.25) is 0 Å². The molecule has 3 heterocycles. The molecule has 6 nitrogen and oxygen atoms in total. The van der Waals surface area contributed by atoms with Crippen molar-refractivity contribution in [1.29, 1.82) is 0 Å². The molecule has 0 fully saturated rings. The van der Waals surface area contributed by atoms with Gasteiger partial charge in [0.15, 0.2) is 5.65 Å². The van der Waals surface area contributed by atoms with Crippen LogP contribution in [0.15, 0.2) is 67.1 Å². The fourth-order valence-electron chi connectivity index (χ4n) is 3.32. The maximum atomic E-state index is 4.78. The van der Waals surface area contributed by atoms with Gasteiger partial charge in [0.25, 0.3) is 0 Å². The summed E-state index contributed by atoms with van der Waals surface area (Å²) in [5, 5.41) is 11.5. The average molecular weight is 387 g/mol. The van der Waals surface area contributed by atoms with Crippen molar-refractivity contribution in [2.24, 2.45) is 0 Å². The highest BCUT2D eigenvalue weighted by atomic mass is 15.3. The molecular formula is C23H26N6. The van der Waals surface area contributed by atoms with Crippen molar-refractivity contribution in [2.75, 3.05) is 10.6 Å². The van der Waals surface area contributed by atoms with Gasteiger partial charge in [-0.1, -0.05) is 36.4 Å². The van der Waals surface area contributed by atoms with Gasteiger partial charge in [0.2, 0.25) is 0 Å². The van der Waals surface area contributed by atoms with Gasteiger partial charge >= 0.3 is 0 Å². The van der Waals surface area contributed by atoms with E-state index in [9.17, 15) is 0 Å². The maximum Gasteiger partial charge on any atom is 0.162 e. The maximum absolute atomic E-state index is 4.78. The third kappa shape index (κ3) is 4.71. The second-order valence-corrected chi connectivity index (χ2v) is 7.37. The summed E-state index contributed by atoms with van der Waals surface area (Å²) in [6.07, 6.45) is 7.57. The van der Waals surface area contributed by atoms with Gasteiger partial charge in [-0.05, 0) is 43.9 Å². The van der Waals surface area contributed by atoms with Crippen LogP contribution in [0, 0.1) is 6.92 Å². The molecule has 0 amide bonds. The molecule has 1 aromatic carbocycles. The Morgan fingerprint density at radius 2 is 1.86 bits per heavy atom. The van der Waals surface area contributed by atoms with Crippen LogP contribution in [0.3, 0.4) is 0 Å². The van der Waals surface area contributed by atoms with Gasteiger partial charge in [0, 0.05) is 36.6 Å². The van der Waals surface area contributed by atoms with Crippen LogP contribution in [0.1, 0.15) is 30.0 Å². The highest BCUT2D eigenvalue weighted by Crippen LogP contribution is 2.20. The Labute approximate surface area is 171 Å². The Morgan fingerprint density at radius 1 is 1.03 bits per heavy atom. The second kappa shape index (κ2) is 8.73. The molecule has 148 valence electrons. The van der Waals surface area contributed by atoms with Gasteiger partial charge in [0.05, 0.1) is 6.20 Å². The molecule has 3 aromatic heterocycles. The van der Waals surface area contributed by atoms with Crippen LogP contribution in [0.5, 0.6) is 0 Å². The van der Waals surface area contributed by atoms with Gasteiger partial charge in [-0.25, -0.2) is 4.98 Å². The summed E-state index contributed by atoms with van der Waals surface area (Å²) in [4.78, 5) is 8.96. The molecule has 1 atom stereocenters. The first-order valence-corrected chi connectivity index (χ1v) is 9.97. The van der Waals surface area contributed by atoms with E-state index in [0.29, 0.717) is 12.6 Å². The molecule has 4 rings (SSSR count). The summed E-state index contributed by atoms with van der Waals surface area (Å²) in [5.41, 5.74) is 4.39. The minimum Gasteiger partial charge on any atom is -0.367 e. The molecule has 0 saturated heterocycles. The van der Waals surface area contributed by atoms with E-state index in [0.717, 1.165) is 41.3 Å². The highest BCUT2D eigenvalue weighted by Gasteiger charge is 2.11. The number of benzene rings is 1. The molecule has 4 aromatic rings. The Morgan fingerprint density at radius 3 is 2.66 bits per heavy atom. The summed E-state index contributed by atoms with van der Waals surface area (Å²) >= 11 is 0. The number of aromatic nitrogens is 4. The minimum absolute atomic E-state index is 0.305. The van der Waals surface area contributed by atoms with E-state index in [1.54, 1.807) is 6.20 Å². The Balaban J connectivity index is 1.49. The van der Waals surface area contributed by atoms with Gasteiger partial charge in [-0.15, -0.1) is 0 Å². The molecule has 6 heteroatoms. The van der Waals surface area contributed by atoms with Gasteiger partial charge in [-0.3, -0.25) is 4.98 Å². The Kier molecular flexibility index (Phi) is 5.70. The Bertz CT molecular complexity index is 1060. The Hall–Kier alpha value is -3.41. The van der Waals surface area contributed by atoms with Crippen molar-refractivity contribution in [3.05, 3.63) is 83.8 Å². The van der Waals surface area contributed by atoms with Crippen molar-refractivity contribution in [3.63, 3.8) is 0 Å². The van der Waals surface area contributed by atoms with E-state index in [2.05, 4.69) is 64.0 Å². The monoisotopic (exact) mass is 386 g/mol. The van der Waals surface area contributed by atoms with E-state index >= 15 is 0 Å². The first kappa shape index (κ1) is 18.9. The largest absolute Gasteiger partial charge is 0.367 e. The lowest BCUT2D eigenvalue weighted by Gasteiger charge is -2.16. The van der Waals surface area contributed by atoms with Gasteiger partial charge < -0.3 is 10.6 Å². The number of hydrogen-bond donors (Lipinski definition) is 2. The van der Waals surface area contributed by atoms with Crippen molar-refractivity contribution < 1.29 is 0 Å². The zero-order valence-electron chi connectivity index (χ0n) is 16.8. The molecule has 0 aliphatic heterocycles. The first-order chi connectivity index (χ1) is 14.2. The highest BCUT2D eigenvalue weighted by molar-refractivity contribution is 5.60. The lowest BCUT2D eigenvalue weighted by molar-refractivity contribution is 0.702. The number of fused-ring (bicyclic) bond motifs is 1. The summed E-state index contributed by atoms with van der Waals surface area (Å²) in [6.45, 7) is 4.90. The predicted octanol–water partition coefficient (Wildman–Crippen LogP) is 4.48. The predicted molar refractivity (Wildman–Crippen MR) is 117 cm³/mol. The smallest absolute Gasteiger partial charge is 0.162 e. The number of aryl methyl sites for hydroxylation is 2. The van der Waals surface area contributed by atoms with Crippen LogP contribution in [-0.4, -0.2) is 25.6 Å². The molecule has 2 N–H and O–H groups in total. The normalized spacial score (nSPS) is 12.1. The summed E-state index contributed by atoms with van der Waals surface area (Å²) < 4.78 is 1.85. The molecule has 29 heavy (non-hydrogen) atoms. The van der Waals surface area contributed by atoms with Crippen LogP contribution < -0.4 is 10.6 Å². The van der Waals surface area contributed by atoms with Gasteiger partial charge in [-0.2, -0.15) is 9.61 Å². The van der Waals surface area contributed by atoms with Crippen LogP contribution in [0.25, 0.3) is 5.65 Å². The number of rotatable bonds is 8. The van der Waals surface area contributed by atoms with Crippen LogP contribution in [0.4, 0.5) is 11.6 Å². The summed E-state index contributed by atoms with van der Waals surface area (Å²) in [6, 6.07) is 16.9. The molecule has 0 radical (unpaired) electrons. The van der Waals surface area contributed by atoms with Crippen molar-refractivity contribution >= 4 is 17.3 Å². The lowest BCUT2D eigenvalue weighted by Crippen LogP contribution is -2.18. The fraction of sp³-hybridized carbons (Fsp3) is 0.261. The number of pyridine rings is 1. The average Bonchev–Trinajstić information content (AvgIpc) is 3.13. The number of anilines is 2. The standard InChI is InChI=1S/C23H26N6/c1-17-14-26-29-22(25-16-20-9-6-12-24-15-20)13-21(28-23(17)29)27-18(2)10-11-19-7-4-3-5-8-19/h3-9,12-15,18,25H,10-11,16H2,1-2H3,(H,27,28). The summed E-state index contributed by atoms with van der Waals surface area (Å²) in [5.74, 6) is 1.76. The van der Waals surface area contributed by atoms with Crippen LogP contribution in [-0.2, 0) is 13.0 Å². The third-order valence-corrected chi connectivity index (χ3v) is 4.95. The van der Waals surface area contributed by atoms with E-state index in [1.807, 2.05) is 36.0 Å². The van der Waals surface area contributed by atoms with E-state index in [-0.39, 0.29) is 0 Å². The van der Waals surface area contributed by atoms with Crippen molar-refractivity contribution in [1.82, 2.24) is 19.6 Å². The molecule has 0 spiro atoms. The van der Waals surface area contributed by atoms with Crippen molar-refractivity contribution in [2.45, 2.75) is 39.3 Å². The third-order valence-electron chi connectivity index (χ3n) is 4.95. The van der Waals surface area contributed by atoms with E-state index in [4.69, 9.17) is 4.98 Å². The molecule has 0 aliphatic rings. The minimum atomic E-state index is 0.305. The molecule has 0 bridgehead atoms. The molecule has 0 aliphatic carbocycles. The first-order valence-electron chi connectivity index (χ1n) is 9.97. The van der Waals surface area contributed by atoms with E-state index in [1.165, 1.54) is 5.56 Å². The number of nitrogens with zero attached hydrogens (tertiary/aromatic N) is 4. The molecule has 0 saturated carbocycles. The number of nitrogens with one attached hydrogen (secondary N) is 2. The quantitative estimate of drug-likeness (QED) is 0.467. The van der Waals surface area contributed by atoms with Gasteiger partial charge in [0.1, 0.15) is 11.6 Å². The fourth-order valence-corrected chi connectivity index (χ4v) is 3.32. The van der Waals surface area contributed by atoms with Crippen LogP contribution >= 0.6 is 0 Å². The second-order valence-electron chi connectivity index (χ2n) is 7.37. The zero-order valence-corrected chi connectivity index (χ0v) is 16.8. The van der Waals surface area contributed by atoms with E-state index < -0.39 is 0 Å². The lowest BCUT2D eigenvalue weighted by atomic mass is 10.1. The SMILES string of the molecule is Cc1cnn2c(NCc3cccnc3)cc(NC(C)CCc3ccccc3)nc12. The zero-order chi connectivity index (χ0) is 20.1. The summed E-state index contributed by atoms with van der Waals surface area (Å²) in [7, 11) is 0. The molecular weight excluding hydrogens is 360 g/mol. The molecule has 1 unspecified atom stereocenters. The number of hydrogen-bond acceptors (Lipinski definition) is 5. The van der Waals surface area contributed by atoms with Crippen molar-refractivity contribution in [3.8, 4) is 0 Å².